The van der Waals surface area contributed by atoms with Crippen LogP contribution in [0.4, 0.5) is 0 Å². The van der Waals surface area contributed by atoms with E-state index in [4.69, 9.17) is 0 Å². The second kappa shape index (κ2) is 5.10. The van der Waals surface area contributed by atoms with Gasteiger partial charge in [0.25, 0.3) is 5.91 Å². The Kier molecular flexibility index (Phi) is 4.02. The molecule has 0 aliphatic rings. The van der Waals surface area contributed by atoms with Crippen molar-refractivity contribution in [3.8, 4) is 0 Å². The van der Waals surface area contributed by atoms with Gasteiger partial charge in [0.05, 0.1) is 0 Å². The molecule has 1 aromatic rings. The number of amides is 1. The molecule has 1 unspecified atom stereocenters. The molecule has 1 atom stereocenters. The molecule has 4 nitrogen and oxygen atoms in total. The quantitative estimate of drug-likeness (QED) is 0.779. The van der Waals surface area contributed by atoms with Crippen LogP contribution in [0.2, 0.25) is 0 Å². The first kappa shape index (κ1) is 13.4. The van der Waals surface area contributed by atoms with Crippen molar-refractivity contribution in [3.63, 3.8) is 0 Å². The van der Waals surface area contributed by atoms with Gasteiger partial charge in [-0.1, -0.05) is 24.3 Å². The number of aliphatic hydroxyl groups excluding tert-OH is 1. The van der Waals surface area contributed by atoms with Crippen LogP contribution in [0.1, 0.15) is 42.8 Å². The molecule has 0 saturated carbocycles. The van der Waals surface area contributed by atoms with Crippen LogP contribution < -0.4 is 5.32 Å². The van der Waals surface area contributed by atoms with Crippen LogP contribution in [-0.4, -0.2) is 22.8 Å². The highest BCUT2D eigenvalue weighted by atomic mass is 16.3. The second-order valence-corrected chi connectivity index (χ2v) is 4.93. The van der Waals surface area contributed by atoms with Gasteiger partial charge in [-0.25, -0.2) is 0 Å². The summed E-state index contributed by atoms with van der Waals surface area (Å²) in [6.45, 7) is 5.52. The highest BCUT2D eigenvalue weighted by molar-refractivity contribution is 5.83. The van der Waals surface area contributed by atoms with E-state index in [1.165, 1.54) is 0 Å². The van der Waals surface area contributed by atoms with Crippen LogP contribution >= 0.6 is 0 Å². The maximum absolute atomic E-state index is 11.7. The Hall–Kier alpha value is -1.68. The van der Waals surface area contributed by atoms with Crippen molar-refractivity contribution in [2.45, 2.75) is 32.4 Å². The van der Waals surface area contributed by atoms with Gasteiger partial charge in [-0.05, 0) is 26.3 Å². The molecule has 2 N–H and O–H groups in total. The predicted molar refractivity (Wildman–Crippen MR) is 64.7 cm³/mol. The van der Waals surface area contributed by atoms with E-state index in [0.29, 0.717) is 17.4 Å². The molecule has 0 radical (unpaired) electrons. The maximum Gasteiger partial charge on any atom is 0.253 e. The molecule has 92 valence electrons. The van der Waals surface area contributed by atoms with E-state index in [0.717, 1.165) is 0 Å². The third-order valence-corrected chi connectivity index (χ3v) is 2.13. The standard InChI is InChI=1S/C13H17NO3/c1-13(2,3)14-12(17)11(16)10-6-4-9(8-15)5-7-10/h4-8,11,16H,1-3H3,(H,14,17). The van der Waals surface area contributed by atoms with Crippen molar-refractivity contribution < 1.29 is 14.7 Å². The van der Waals surface area contributed by atoms with Crippen molar-refractivity contribution in [1.82, 2.24) is 5.32 Å². The monoisotopic (exact) mass is 235 g/mol. The Morgan fingerprint density at radius 2 is 1.82 bits per heavy atom. The van der Waals surface area contributed by atoms with Gasteiger partial charge in [-0.2, -0.15) is 0 Å². The normalized spacial score (nSPS) is 12.9. The minimum absolute atomic E-state index is 0.388. The van der Waals surface area contributed by atoms with E-state index in [9.17, 15) is 14.7 Å². The maximum atomic E-state index is 11.7. The largest absolute Gasteiger partial charge is 0.378 e. The van der Waals surface area contributed by atoms with Gasteiger partial charge in [-0.3, -0.25) is 9.59 Å². The first-order chi connectivity index (χ1) is 7.83. The summed E-state index contributed by atoms with van der Waals surface area (Å²) in [6.07, 6.45) is -0.499. The van der Waals surface area contributed by atoms with E-state index >= 15 is 0 Å². The summed E-state index contributed by atoms with van der Waals surface area (Å²) in [5.74, 6) is -0.448. The number of rotatable bonds is 3. The number of carbonyl (C=O) groups excluding carboxylic acids is 2. The first-order valence-corrected chi connectivity index (χ1v) is 5.39. The molecule has 4 heteroatoms. The van der Waals surface area contributed by atoms with Gasteiger partial charge in [0.2, 0.25) is 0 Å². The minimum atomic E-state index is -1.21. The van der Waals surface area contributed by atoms with Crippen molar-refractivity contribution >= 4 is 12.2 Å². The van der Waals surface area contributed by atoms with E-state index < -0.39 is 12.0 Å². The lowest BCUT2D eigenvalue weighted by atomic mass is 10.0. The average molecular weight is 235 g/mol. The van der Waals surface area contributed by atoms with Gasteiger partial charge >= 0.3 is 0 Å². The lowest BCUT2D eigenvalue weighted by Gasteiger charge is -2.22. The summed E-state index contributed by atoms with van der Waals surface area (Å²) in [4.78, 5) is 22.2. The fraction of sp³-hybridized carbons (Fsp3) is 0.385. The number of aldehydes is 1. The molecular formula is C13H17NO3. The minimum Gasteiger partial charge on any atom is -0.378 e. The second-order valence-electron chi connectivity index (χ2n) is 4.93. The Morgan fingerprint density at radius 3 is 2.24 bits per heavy atom. The third-order valence-electron chi connectivity index (χ3n) is 2.13. The predicted octanol–water partition coefficient (Wildman–Crippen LogP) is 1.45. The van der Waals surface area contributed by atoms with Crippen molar-refractivity contribution in [2.75, 3.05) is 0 Å². The van der Waals surface area contributed by atoms with E-state index in [-0.39, 0.29) is 5.54 Å². The molecule has 0 spiro atoms. The third kappa shape index (κ3) is 4.00. The summed E-state index contributed by atoms with van der Waals surface area (Å²) in [5.41, 5.74) is 0.593. The molecule has 0 saturated heterocycles. The number of aliphatic hydroxyl groups is 1. The zero-order chi connectivity index (χ0) is 13.1. The number of hydrogen-bond donors (Lipinski definition) is 2. The number of carbonyl (C=O) groups is 2. The van der Waals surface area contributed by atoms with Crippen LogP contribution in [0.15, 0.2) is 24.3 Å². The first-order valence-electron chi connectivity index (χ1n) is 5.39. The van der Waals surface area contributed by atoms with Crippen molar-refractivity contribution in [3.05, 3.63) is 35.4 Å². The van der Waals surface area contributed by atoms with Crippen LogP contribution in [0.25, 0.3) is 0 Å². The highest BCUT2D eigenvalue weighted by Gasteiger charge is 2.21. The summed E-state index contributed by atoms with van der Waals surface area (Å²) < 4.78 is 0. The van der Waals surface area contributed by atoms with Crippen LogP contribution in [0.3, 0.4) is 0 Å². The lowest BCUT2D eigenvalue weighted by molar-refractivity contribution is -0.131. The lowest BCUT2D eigenvalue weighted by Crippen LogP contribution is -2.43. The van der Waals surface area contributed by atoms with Gasteiger partial charge in [0.1, 0.15) is 6.29 Å². The number of nitrogens with one attached hydrogen (secondary N) is 1. The van der Waals surface area contributed by atoms with Crippen molar-refractivity contribution in [1.29, 1.82) is 0 Å². The Balaban J connectivity index is 2.78. The molecule has 0 heterocycles. The molecule has 17 heavy (non-hydrogen) atoms. The van der Waals surface area contributed by atoms with Gasteiger partial charge in [-0.15, -0.1) is 0 Å². The molecule has 1 rings (SSSR count). The molecule has 0 bridgehead atoms. The summed E-state index contributed by atoms with van der Waals surface area (Å²) in [6, 6.07) is 6.26. The molecule has 1 aromatic carbocycles. The van der Waals surface area contributed by atoms with Gasteiger partial charge < -0.3 is 10.4 Å². The van der Waals surface area contributed by atoms with Crippen molar-refractivity contribution in [2.24, 2.45) is 0 Å². The fourth-order valence-corrected chi connectivity index (χ4v) is 1.35. The SMILES string of the molecule is CC(C)(C)NC(=O)C(O)c1ccc(C=O)cc1. The van der Waals surface area contributed by atoms with E-state index in [1.807, 2.05) is 20.8 Å². The van der Waals surface area contributed by atoms with Crippen LogP contribution in [-0.2, 0) is 4.79 Å². The molecular weight excluding hydrogens is 218 g/mol. The van der Waals surface area contributed by atoms with E-state index in [1.54, 1.807) is 24.3 Å². The molecule has 0 aliphatic carbocycles. The molecule has 0 aliphatic heterocycles. The molecule has 0 fully saturated rings. The van der Waals surface area contributed by atoms with Gasteiger partial charge in [0.15, 0.2) is 6.10 Å². The average Bonchev–Trinajstić information content (AvgIpc) is 2.26. The van der Waals surface area contributed by atoms with E-state index in [2.05, 4.69) is 5.32 Å². The smallest absolute Gasteiger partial charge is 0.253 e. The summed E-state index contributed by atoms with van der Waals surface area (Å²) >= 11 is 0. The van der Waals surface area contributed by atoms with Crippen LogP contribution in [0.5, 0.6) is 0 Å². The van der Waals surface area contributed by atoms with Gasteiger partial charge in [0, 0.05) is 11.1 Å². The number of hydrogen-bond acceptors (Lipinski definition) is 3. The Bertz CT molecular complexity index is 404. The Morgan fingerprint density at radius 1 is 1.29 bits per heavy atom. The highest BCUT2D eigenvalue weighted by Crippen LogP contribution is 2.14. The topological polar surface area (TPSA) is 66.4 Å². The summed E-state index contributed by atoms with van der Waals surface area (Å²) in [5, 5.41) is 12.5. The molecule has 1 amide bonds. The van der Waals surface area contributed by atoms with Crippen LogP contribution in [0, 0.1) is 0 Å². The number of benzene rings is 1. The zero-order valence-corrected chi connectivity index (χ0v) is 10.2. The zero-order valence-electron chi connectivity index (χ0n) is 10.2. The molecule has 0 aromatic heterocycles. The summed E-state index contributed by atoms with van der Waals surface area (Å²) in [7, 11) is 0. The Labute approximate surface area is 101 Å². The fourth-order valence-electron chi connectivity index (χ4n) is 1.35.